The van der Waals surface area contributed by atoms with E-state index in [2.05, 4.69) is 0 Å². The van der Waals surface area contributed by atoms with Gasteiger partial charge in [-0.1, -0.05) is 0 Å². The minimum Gasteiger partial charge on any atom is -0.394 e. The highest BCUT2D eigenvalue weighted by Gasteiger charge is 2.37. The first-order valence-corrected chi connectivity index (χ1v) is 7.85. The normalized spacial score (nSPS) is 11.4. The van der Waals surface area contributed by atoms with Gasteiger partial charge in [-0.2, -0.15) is 0 Å². The number of rotatable bonds is 2. The van der Waals surface area contributed by atoms with Crippen LogP contribution in [0, 0.1) is 69.8 Å². The van der Waals surface area contributed by atoms with E-state index in [4.69, 9.17) is 11.5 Å². The van der Waals surface area contributed by atoms with Gasteiger partial charge >= 0.3 is 0 Å². The number of benzene rings is 3. The van der Waals surface area contributed by atoms with Crippen molar-refractivity contribution in [2.75, 3.05) is 11.5 Å². The van der Waals surface area contributed by atoms with Crippen molar-refractivity contribution in [1.29, 1.82) is 0 Å². The van der Waals surface area contributed by atoms with Crippen LogP contribution < -0.4 is 11.5 Å². The van der Waals surface area contributed by atoms with Gasteiger partial charge in [-0.05, 0) is 0 Å². The van der Waals surface area contributed by atoms with Gasteiger partial charge in [0.1, 0.15) is 11.4 Å². The third kappa shape index (κ3) is 2.92. The largest absolute Gasteiger partial charge is 0.394 e. The summed E-state index contributed by atoms with van der Waals surface area (Å²) in [7, 11) is 0. The van der Waals surface area contributed by atoms with Crippen LogP contribution in [0.1, 0.15) is 0 Å². The molecule has 3 aromatic rings. The quantitative estimate of drug-likeness (QED) is 0.277. The van der Waals surface area contributed by atoms with E-state index in [0.29, 0.717) is 0 Å². The molecule has 170 valence electrons. The van der Waals surface area contributed by atoms with Crippen molar-refractivity contribution in [3.63, 3.8) is 0 Å². The van der Waals surface area contributed by atoms with E-state index in [-0.39, 0.29) is 0 Å². The van der Waals surface area contributed by atoms with Gasteiger partial charge in [0.2, 0.25) is 0 Å². The number of halogens is 12. The lowest BCUT2D eigenvalue weighted by Crippen LogP contribution is -2.12. The standard InChI is InChI=1S/C18H4F12N2/c19-5-1(3-9(23)13(27)17(31)14(28)10(3)24)6(20)8(22)2(7(5)21)4-11(25)15(29)18(32)16(30)12(4)26/h31-32H2. The molecule has 0 aliphatic heterocycles. The number of anilines is 2. The summed E-state index contributed by atoms with van der Waals surface area (Å²) < 4.78 is 169. The lowest BCUT2D eigenvalue weighted by molar-refractivity contribution is 0.440. The third-order valence-corrected chi connectivity index (χ3v) is 4.36. The molecule has 32 heavy (non-hydrogen) atoms. The molecule has 14 heteroatoms. The zero-order chi connectivity index (χ0) is 24.4. The van der Waals surface area contributed by atoms with Crippen molar-refractivity contribution in [2.24, 2.45) is 0 Å². The predicted molar refractivity (Wildman–Crippen MR) is 85.6 cm³/mol. The topological polar surface area (TPSA) is 52.0 Å². The van der Waals surface area contributed by atoms with Crippen LogP contribution in [0.3, 0.4) is 0 Å². The Morgan fingerprint density at radius 1 is 0.250 bits per heavy atom. The second-order valence-electron chi connectivity index (χ2n) is 6.10. The molecule has 0 aliphatic rings. The smallest absolute Gasteiger partial charge is 0.185 e. The second kappa shape index (κ2) is 7.53. The van der Waals surface area contributed by atoms with Gasteiger partial charge in [0.05, 0.1) is 22.3 Å². The zero-order valence-corrected chi connectivity index (χ0v) is 14.7. The first-order valence-electron chi connectivity index (χ1n) is 7.85. The molecular formula is C18H4F12N2. The Hall–Kier alpha value is -3.58. The molecule has 0 amide bonds. The molecular weight excluding hydrogens is 472 g/mol. The first kappa shape index (κ1) is 23.1. The van der Waals surface area contributed by atoms with Crippen LogP contribution in [0.5, 0.6) is 0 Å². The summed E-state index contributed by atoms with van der Waals surface area (Å²) in [6, 6.07) is 0. The van der Waals surface area contributed by atoms with Crippen molar-refractivity contribution in [2.45, 2.75) is 0 Å². The third-order valence-electron chi connectivity index (χ3n) is 4.36. The number of hydrogen-bond acceptors (Lipinski definition) is 2. The van der Waals surface area contributed by atoms with Crippen LogP contribution >= 0.6 is 0 Å². The summed E-state index contributed by atoms with van der Waals surface area (Å²) in [5.41, 5.74) is -3.50. The Balaban J connectivity index is 2.50. The summed E-state index contributed by atoms with van der Waals surface area (Å²) in [5.74, 6) is -31.1. The molecule has 0 radical (unpaired) electrons. The van der Waals surface area contributed by atoms with Gasteiger partial charge in [-0.15, -0.1) is 0 Å². The monoisotopic (exact) mass is 476 g/mol. The molecule has 0 aliphatic carbocycles. The molecule has 3 aromatic carbocycles. The maximum absolute atomic E-state index is 14.5. The van der Waals surface area contributed by atoms with Gasteiger partial charge in [0.15, 0.2) is 69.8 Å². The van der Waals surface area contributed by atoms with Crippen LogP contribution in [-0.2, 0) is 0 Å². The molecule has 0 spiro atoms. The summed E-state index contributed by atoms with van der Waals surface area (Å²) in [6.07, 6.45) is 0. The van der Waals surface area contributed by atoms with Crippen LogP contribution in [0.4, 0.5) is 64.1 Å². The number of nitrogen functional groups attached to an aromatic ring is 2. The molecule has 0 saturated heterocycles. The van der Waals surface area contributed by atoms with Crippen LogP contribution in [-0.4, -0.2) is 0 Å². The predicted octanol–water partition coefficient (Wildman–Crippen LogP) is 5.85. The minimum absolute atomic E-state index is 1.78. The number of hydrogen-bond donors (Lipinski definition) is 2. The number of nitrogens with two attached hydrogens (primary N) is 2. The molecule has 0 unspecified atom stereocenters. The van der Waals surface area contributed by atoms with E-state index >= 15 is 0 Å². The van der Waals surface area contributed by atoms with E-state index in [9.17, 15) is 52.7 Å². The van der Waals surface area contributed by atoms with Gasteiger partial charge in [0.25, 0.3) is 0 Å². The summed E-state index contributed by atoms with van der Waals surface area (Å²) >= 11 is 0. The highest BCUT2D eigenvalue weighted by molar-refractivity contribution is 5.76. The molecule has 0 saturated carbocycles. The molecule has 0 bridgehead atoms. The molecule has 0 atom stereocenters. The zero-order valence-electron chi connectivity index (χ0n) is 14.7. The fourth-order valence-electron chi connectivity index (χ4n) is 2.81. The fraction of sp³-hybridized carbons (Fsp3) is 0. The van der Waals surface area contributed by atoms with E-state index < -0.39 is 103 Å². The van der Waals surface area contributed by atoms with Gasteiger partial charge in [-0.3, -0.25) is 0 Å². The Bertz CT molecular complexity index is 1130. The Morgan fingerprint density at radius 2 is 0.375 bits per heavy atom. The summed E-state index contributed by atoms with van der Waals surface area (Å²) in [5, 5.41) is 0. The van der Waals surface area contributed by atoms with E-state index in [1.54, 1.807) is 0 Å². The lowest BCUT2D eigenvalue weighted by atomic mass is 9.95. The summed E-state index contributed by atoms with van der Waals surface area (Å²) in [4.78, 5) is 0. The highest BCUT2D eigenvalue weighted by Crippen LogP contribution is 2.43. The Morgan fingerprint density at radius 3 is 0.531 bits per heavy atom. The first-order chi connectivity index (χ1) is 14.7. The van der Waals surface area contributed by atoms with Gasteiger partial charge in [0, 0.05) is 0 Å². The van der Waals surface area contributed by atoms with Crippen molar-refractivity contribution in [3.8, 4) is 22.3 Å². The lowest BCUT2D eigenvalue weighted by Gasteiger charge is -2.16. The molecule has 0 fully saturated rings. The van der Waals surface area contributed by atoms with Crippen molar-refractivity contribution in [1.82, 2.24) is 0 Å². The average molecular weight is 476 g/mol. The van der Waals surface area contributed by atoms with Crippen LogP contribution in [0.25, 0.3) is 22.3 Å². The molecule has 0 aromatic heterocycles. The maximum Gasteiger partial charge on any atom is 0.185 e. The molecule has 3 rings (SSSR count). The second-order valence-corrected chi connectivity index (χ2v) is 6.10. The van der Waals surface area contributed by atoms with E-state index in [0.717, 1.165) is 0 Å². The Kier molecular flexibility index (Phi) is 5.43. The van der Waals surface area contributed by atoms with Crippen molar-refractivity contribution >= 4 is 11.4 Å². The van der Waals surface area contributed by atoms with Crippen molar-refractivity contribution in [3.05, 3.63) is 69.8 Å². The Labute approximate surface area is 168 Å². The van der Waals surface area contributed by atoms with E-state index in [1.165, 1.54) is 0 Å². The van der Waals surface area contributed by atoms with Crippen LogP contribution in [0.2, 0.25) is 0 Å². The maximum atomic E-state index is 14.5. The van der Waals surface area contributed by atoms with Gasteiger partial charge < -0.3 is 11.5 Å². The van der Waals surface area contributed by atoms with E-state index in [1.807, 2.05) is 0 Å². The van der Waals surface area contributed by atoms with Crippen LogP contribution in [0.15, 0.2) is 0 Å². The molecule has 4 N–H and O–H groups in total. The fourth-order valence-corrected chi connectivity index (χ4v) is 2.81. The molecule has 0 heterocycles. The highest BCUT2D eigenvalue weighted by atomic mass is 19.2. The summed E-state index contributed by atoms with van der Waals surface area (Å²) in [6.45, 7) is 0. The van der Waals surface area contributed by atoms with Gasteiger partial charge in [-0.25, -0.2) is 52.7 Å². The van der Waals surface area contributed by atoms with Crippen molar-refractivity contribution < 1.29 is 52.7 Å². The molecule has 2 nitrogen and oxygen atoms in total. The average Bonchev–Trinajstić information content (AvgIpc) is 2.76. The minimum atomic E-state index is -2.82. The SMILES string of the molecule is Nc1c(F)c(F)c(-c2c(F)c(F)c(-c3c(F)c(F)c(N)c(F)c3F)c(F)c2F)c(F)c1F.